The standard InChI is InChI=1S/C26H30N6O4S.C25H31N7O5S/c1-16-10-20(14-27-11-16)26-31-30-23(32(26)24-21(35-5)8-7-9-22(24)36-6)15-37(33,34)19(4)18(3)25-28-12-17(2)13-29-25;1-15-10-19(14-26-11-15)24(33)30-31-25(29-22-20(36-5)8-7-9-21(22)37-6)32-38(34,35)18(4)17(3)23-27-12-16(2)13-28-23/h7-14,18-19H,15H2,1-6H3;7-14,17-18H,1-6H3,(H,30,33)(H2,29,31,32)/t18-,19+;17-,18-/m10/s1. The fraction of sp³-hybridized carbons (Fsp3) is 0.333. The van der Waals surface area contributed by atoms with Crippen LogP contribution in [-0.4, -0.2) is 112 Å². The fourth-order valence-corrected chi connectivity index (χ4v) is 10.1. The van der Waals surface area contributed by atoms with Gasteiger partial charge in [-0.3, -0.25) is 30.2 Å². The molecule has 75 heavy (non-hydrogen) atoms. The highest BCUT2D eigenvalue weighted by Crippen LogP contribution is 2.38. The molecule has 1 amide bonds. The van der Waals surface area contributed by atoms with Gasteiger partial charge in [0.1, 0.15) is 51.8 Å². The molecular formula is C51H61N13O9S2. The predicted octanol–water partition coefficient (Wildman–Crippen LogP) is 6.59. The van der Waals surface area contributed by atoms with Crippen molar-refractivity contribution >= 4 is 37.4 Å². The number of rotatable bonds is 17. The molecule has 396 valence electrons. The summed E-state index contributed by atoms with van der Waals surface area (Å²) in [6, 6.07) is 13.9. The number of sulfonamides is 1. The third kappa shape index (κ3) is 13.7. The molecule has 0 spiro atoms. The van der Waals surface area contributed by atoms with Crippen LogP contribution in [0.15, 0.2) is 103 Å². The van der Waals surface area contributed by atoms with E-state index < -0.39 is 48.1 Å². The number of ether oxygens (including phenoxy) is 4. The van der Waals surface area contributed by atoms with Gasteiger partial charge in [0.25, 0.3) is 15.9 Å². The fourth-order valence-electron chi connectivity index (χ4n) is 7.38. The minimum absolute atomic E-state index is 0.225. The van der Waals surface area contributed by atoms with E-state index in [-0.39, 0.29) is 23.1 Å². The monoisotopic (exact) mass is 1060 g/mol. The largest absolute Gasteiger partial charge is 0.494 e. The summed E-state index contributed by atoms with van der Waals surface area (Å²) in [5, 5.41) is 9.82. The van der Waals surface area contributed by atoms with E-state index in [0.29, 0.717) is 57.4 Å². The first-order chi connectivity index (χ1) is 35.7. The van der Waals surface area contributed by atoms with Gasteiger partial charge in [0.2, 0.25) is 5.96 Å². The number of amides is 1. The molecule has 0 bridgehead atoms. The number of carbonyl (C=O) groups is 1. The van der Waals surface area contributed by atoms with E-state index in [1.807, 2.05) is 33.8 Å². The Hall–Kier alpha value is -8.12. The van der Waals surface area contributed by atoms with E-state index >= 15 is 0 Å². The Morgan fingerprint density at radius 2 is 1.11 bits per heavy atom. The Kier molecular flexibility index (Phi) is 18.5. The van der Waals surface area contributed by atoms with Crippen LogP contribution in [0.2, 0.25) is 0 Å². The molecule has 22 nitrogen and oxygen atoms in total. The Morgan fingerprint density at radius 3 is 1.61 bits per heavy atom. The second kappa shape index (κ2) is 24.7. The number of pyridine rings is 2. The molecule has 0 aliphatic heterocycles. The Morgan fingerprint density at radius 1 is 0.613 bits per heavy atom. The van der Waals surface area contributed by atoms with Gasteiger partial charge in [-0.2, -0.15) is 0 Å². The van der Waals surface area contributed by atoms with Crippen LogP contribution < -0.4 is 35.1 Å². The van der Waals surface area contributed by atoms with Crippen LogP contribution in [0.3, 0.4) is 0 Å². The van der Waals surface area contributed by atoms with Gasteiger partial charge in [-0.05, 0) is 100 Å². The van der Waals surface area contributed by atoms with Gasteiger partial charge in [-0.1, -0.05) is 26.0 Å². The number of aromatic nitrogens is 9. The zero-order valence-corrected chi connectivity index (χ0v) is 45.3. The molecule has 4 atom stereocenters. The number of nitrogens with zero attached hydrogens (tertiary/aromatic N) is 10. The zero-order valence-electron chi connectivity index (χ0n) is 43.7. The maximum absolute atomic E-state index is 13.7. The zero-order chi connectivity index (χ0) is 54.6. The first-order valence-electron chi connectivity index (χ1n) is 23.4. The molecule has 0 saturated heterocycles. The number of sulfone groups is 1. The molecule has 2 aromatic carbocycles. The average Bonchev–Trinajstić information content (AvgIpc) is 3.81. The maximum Gasteiger partial charge on any atom is 0.271 e. The van der Waals surface area contributed by atoms with Crippen LogP contribution in [0, 0.1) is 27.7 Å². The first-order valence-corrected chi connectivity index (χ1v) is 26.6. The van der Waals surface area contributed by atoms with Crippen molar-refractivity contribution in [3.8, 4) is 40.1 Å². The number of hydrogen-bond acceptors (Lipinski definition) is 17. The molecule has 0 saturated carbocycles. The van der Waals surface area contributed by atoms with Gasteiger partial charge in [0.05, 0.1) is 44.5 Å². The first kappa shape index (κ1) is 56.2. The number of methoxy groups -OCH3 is 4. The predicted molar refractivity (Wildman–Crippen MR) is 283 cm³/mol. The van der Waals surface area contributed by atoms with Crippen LogP contribution in [0.1, 0.15) is 89.6 Å². The van der Waals surface area contributed by atoms with Gasteiger partial charge in [-0.25, -0.2) is 36.8 Å². The third-order valence-corrected chi connectivity index (χ3v) is 16.0. The Bertz CT molecular complexity index is 3310. The summed E-state index contributed by atoms with van der Waals surface area (Å²) >= 11 is 0. The van der Waals surface area contributed by atoms with E-state index in [4.69, 9.17) is 18.9 Å². The van der Waals surface area contributed by atoms with Crippen LogP contribution in [0.4, 0.5) is 5.69 Å². The van der Waals surface area contributed by atoms with E-state index in [1.165, 1.54) is 41.6 Å². The van der Waals surface area contributed by atoms with Gasteiger partial charge in [0, 0.05) is 67.0 Å². The molecular weight excluding hydrogens is 1000 g/mol. The van der Waals surface area contributed by atoms with Gasteiger partial charge in [-0.15, -0.1) is 14.6 Å². The quantitative estimate of drug-likeness (QED) is 0.0492. The minimum atomic E-state index is -4.16. The molecule has 5 aromatic heterocycles. The number of hydrogen-bond donors (Lipinski definition) is 3. The minimum Gasteiger partial charge on any atom is -0.494 e. The van der Waals surface area contributed by atoms with Crippen molar-refractivity contribution in [2.45, 2.75) is 83.5 Å². The highest BCUT2D eigenvalue weighted by molar-refractivity contribution is 7.91. The van der Waals surface area contributed by atoms with Crippen molar-refractivity contribution in [2.24, 2.45) is 4.40 Å². The normalized spacial score (nSPS) is 13.3. The van der Waals surface area contributed by atoms with Crippen molar-refractivity contribution in [1.82, 2.24) is 55.5 Å². The maximum atomic E-state index is 13.7. The molecule has 0 aliphatic rings. The van der Waals surface area contributed by atoms with Gasteiger partial charge in [0.15, 0.2) is 21.5 Å². The molecule has 0 unspecified atom stereocenters. The summed E-state index contributed by atoms with van der Waals surface area (Å²) in [5.74, 6) is 0.982. The second-order valence-corrected chi connectivity index (χ2v) is 21.8. The third-order valence-electron chi connectivity index (χ3n) is 12.0. The summed E-state index contributed by atoms with van der Waals surface area (Å²) in [4.78, 5) is 38.2. The molecule has 5 heterocycles. The number of para-hydroxylation sites is 2. The molecule has 24 heteroatoms. The summed E-state index contributed by atoms with van der Waals surface area (Å²) in [6.45, 7) is 14.1. The lowest BCUT2D eigenvalue weighted by Gasteiger charge is -2.20. The summed E-state index contributed by atoms with van der Waals surface area (Å²) in [7, 11) is -1.88. The lowest BCUT2D eigenvalue weighted by atomic mass is 10.1. The Labute approximate surface area is 436 Å². The van der Waals surface area contributed by atoms with Gasteiger partial charge >= 0.3 is 0 Å². The number of nitrogens with one attached hydrogen (secondary N) is 3. The number of aryl methyl sites for hydroxylation is 4. The second-order valence-electron chi connectivity index (χ2n) is 17.5. The highest BCUT2D eigenvalue weighted by Gasteiger charge is 2.34. The van der Waals surface area contributed by atoms with Gasteiger partial charge < -0.3 is 24.3 Å². The average molecular weight is 1060 g/mol. The van der Waals surface area contributed by atoms with Crippen LogP contribution >= 0.6 is 0 Å². The number of guanidine groups is 1. The number of hydrazine groups is 1. The van der Waals surface area contributed by atoms with E-state index in [9.17, 15) is 21.6 Å². The number of benzene rings is 2. The van der Waals surface area contributed by atoms with Crippen molar-refractivity contribution < 1.29 is 40.6 Å². The van der Waals surface area contributed by atoms with E-state index in [0.717, 1.165) is 22.3 Å². The smallest absolute Gasteiger partial charge is 0.271 e. The lowest BCUT2D eigenvalue weighted by Crippen LogP contribution is -2.45. The van der Waals surface area contributed by atoms with Crippen molar-refractivity contribution in [3.63, 3.8) is 0 Å². The van der Waals surface area contributed by atoms with Crippen LogP contribution in [0.5, 0.6) is 23.0 Å². The van der Waals surface area contributed by atoms with E-state index in [2.05, 4.69) is 60.7 Å². The molecule has 7 rings (SSSR count). The summed E-state index contributed by atoms with van der Waals surface area (Å²) in [6.07, 6.45) is 13.0. The molecule has 0 fully saturated rings. The summed E-state index contributed by atoms with van der Waals surface area (Å²) < 4.78 is 81.8. The SMILES string of the molecule is COc1cccc(OC)c1-n1c(CS(=O)(=O)[C@@H](C)[C@@H](C)c2ncc(C)cn2)nnc1-c1cncc(C)c1.COc1cccc(OC)c1NC(=NS(=O)(=O)[C@@H](C)[C@H](C)c1ncc(C)cn1)NNC(=O)c1cncc(C)c1. The van der Waals surface area contributed by atoms with Crippen molar-refractivity contribution in [3.05, 3.63) is 143 Å². The van der Waals surface area contributed by atoms with Crippen LogP contribution in [-0.2, 0) is 25.6 Å². The van der Waals surface area contributed by atoms with Crippen molar-refractivity contribution in [2.75, 3.05) is 33.8 Å². The lowest BCUT2D eigenvalue weighted by molar-refractivity contribution is 0.0943. The van der Waals surface area contributed by atoms with E-state index in [1.54, 1.807) is 111 Å². The molecule has 7 aromatic rings. The highest BCUT2D eigenvalue weighted by atomic mass is 32.2. The molecule has 3 N–H and O–H groups in total. The van der Waals surface area contributed by atoms with Crippen molar-refractivity contribution in [1.29, 1.82) is 0 Å². The van der Waals surface area contributed by atoms with Crippen LogP contribution in [0.25, 0.3) is 17.1 Å². The number of carbonyl (C=O) groups excluding carboxylic acids is 1. The topological polar surface area (TPSA) is 279 Å². The Balaban J connectivity index is 0.000000244. The molecule has 0 radical (unpaired) electrons. The summed E-state index contributed by atoms with van der Waals surface area (Å²) in [5.41, 5.74) is 10.3. The number of anilines is 1. The molecule has 0 aliphatic carbocycles.